The van der Waals surface area contributed by atoms with Gasteiger partial charge in [0.2, 0.25) is 0 Å². The van der Waals surface area contributed by atoms with Crippen LogP contribution in [0.2, 0.25) is 0 Å². The van der Waals surface area contributed by atoms with Crippen LogP contribution in [0, 0.1) is 6.92 Å². The first-order valence-electron chi connectivity index (χ1n) is 8.99. The molecule has 0 aliphatic carbocycles. The Morgan fingerprint density at radius 1 is 1.36 bits per heavy atom. The molecule has 0 radical (unpaired) electrons. The van der Waals surface area contributed by atoms with Crippen LogP contribution in [-0.2, 0) is 11.3 Å². The monoisotopic (exact) mass is 345 g/mol. The molecular formula is C19H27N3O3. The lowest BCUT2D eigenvalue weighted by Gasteiger charge is -2.32. The van der Waals surface area contributed by atoms with Gasteiger partial charge in [0.15, 0.2) is 5.82 Å². The highest BCUT2D eigenvalue weighted by Gasteiger charge is 2.26. The molecule has 1 N–H and O–H groups in total. The molecule has 0 spiro atoms. The van der Waals surface area contributed by atoms with Gasteiger partial charge in [-0.2, -0.15) is 0 Å². The van der Waals surface area contributed by atoms with Gasteiger partial charge in [-0.15, -0.1) is 0 Å². The second-order valence-electron chi connectivity index (χ2n) is 6.68. The van der Waals surface area contributed by atoms with E-state index in [4.69, 9.17) is 14.1 Å². The zero-order valence-corrected chi connectivity index (χ0v) is 15.0. The van der Waals surface area contributed by atoms with Gasteiger partial charge in [-0.25, -0.2) is 9.97 Å². The van der Waals surface area contributed by atoms with Crippen LogP contribution in [0.25, 0.3) is 0 Å². The van der Waals surface area contributed by atoms with E-state index >= 15 is 0 Å². The number of aryl methyl sites for hydroxylation is 1. The normalized spacial score (nSPS) is 19.6. The Balaban J connectivity index is 1.82. The molecule has 3 heterocycles. The predicted molar refractivity (Wildman–Crippen MR) is 95.4 cm³/mol. The number of methoxy groups -OCH3 is 1. The largest absolute Gasteiger partial charge is 0.467 e. The van der Waals surface area contributed by atoms with Crippen molar-refractivity contribution >= 4 is 5.82 Å². The van der Waals surface area contributed by atoms with E-state index in [1.165, 1.54) is 12.8 Å². The minimum atomic E-state index is -0.595. The average molecular weight is 345 g/mol. The Morgan fingerprint density at radius 3 is 3.00 bits per heavy atom. The molecule has 2 unspecified atom stereocenters. The van der Waals surface area contributed by atoms with Crippen molar-refractivity contribution in [2.24, 2.45) is 0 Å². The van der Waals surface area contributed by atoms with Crippen molar-refractivity contribution in [1.82, 2.24) is 9.97 Å². The van der Waals surface area contributed by atoms with Crippen LogP contribution in [0.1, 0.15) is 55.5 Å². The van der Waals surface area contributed by atoms with Gasteiger partial charge in [-0.05, 0) is 31.9 Å². The number of rotatable bonds is 6. The van der Waals surface area contributed by atoms with Gasteiger partial charge < -0.3 is 19.2 Å². The van der Waals surface area contributed by atoms with E-state index in [1.807, 2.05) is 25.1 Å². The molecular weight excluding hydrogens is 318 g/mol. The fraction of sp³-hybridized carbons (Fsp3) is 0.579. The molecule has 6 heteroatoms. The van der Waals surface area contributed by atoms with Gasteiger partial charge >= 0.3 is 0 Å². The van der Waals surface area contributed by atoms with E-state index in [0.717, 1.165) is 30.9 Å². The first kappa shape index (κ1) is 17.9. The van der Waals surface area contributed by atoms with Crippen LogP contribution in [0.4, 0.5) is 5.82 Å². The van der Waals surface area contributed by atoms with Crippen LogP contribution in [0.15, 0.2) is 28.9 Å². The molecule has 136 valence electrons. The van der Waals surface area contributed by atoms with Crippen LogP contribution in [0.3, 0.4) is 0 Å². The molecule has 2 atom stereocenters. The first-order chi connectivity index (χ1) is 12.2. The molecule has 0 amide bonds. The smallest absolute Gasteiger partial charge is 0.156 e. The molecule has 0 bridgehead atoms. The molecule has 0 saturated carbocycles. The molecule has 1 fully saturated rings. The number of hydrogen-bond acceptors (Lipinski definition) is 6. The Bertz CT molecular complexity index is 660. The standard InChI is InChI=1S/C19H27N3O3/c1-14-11-19(21-18(20-14)13-24-2)22-9-5-3-4-7-15(22)12-16(23)17-8-6-10-25-17/h6,8,10-11,15-16,23H,3-5,7,9,12-13H2,1-2H3. The maximum atomic E-state index is 10.5. The fourth-order valence-electron chi connectivity index (χ4n) is 3.53. The van der Waals surface area contributed by atoms with E-state index in [9.17, 15) is 5.11 Å². The summed E-state index contributed by atoms with van der Waals surface area (Å²) in [6.45, 7) is 3.33. The zero-order valence-electron chi connectivity index (χ0n) is 15.0. The predicted octanol–water partition coefficient (Wildman–Crippen LogP) is 3.40. The summed E-state index contributed by atoms with van der Waals surface area (Å²) in [5.41, 5.74) is 0.937. The Hall–Kier alpha value is -1.92. The lowest BCUT2D eigenvalue weighted by Crippen LogP contribution is -2.37. The molecule has 1 saturated heterocycles. The topological polar surface area (TPSA) is 71.6 Å². The molecule has 0 aromatic carbocycles. The van der Waals surface area contributed by atoms with Crippen molar-refractivity contribution < 1.29 is 14.3 Å². The van der Waals surface area contributed by atoms with Crippen molar-refractivity contribution in [1.29, 1.82) is 0 Å². The summed E-state index contributed by atoms with van der Waals surface area (Å²) in [4.78, 5) is 11.5. The highest BCUT2D eigenvalue weighted by Crippen LogP contribution is 2.29. The van der Waals surface area contributed by atoms with Crippen molar-refractivity contribution in [2.75, 3.05) is 18.6 Å². The van der Waals surface area contributed by atoms with E-state index in [0.29, 0.717) is 24.6 Å². The number of hydrogen-bond donors (Lipinski definition) is 1. The Kier molecular flexibility index (Phi) is 6.04. The van der Waals surface area contributed by atoms with Gasteiger partial charge in [-0.1, -0.05) is 12.8 Å². The summed E-state index contributed by atoms with van der Waals surface area (Å²) in [6.07, 6.45) is 6.20. The van der Waals surface area contributed by atoms with Gasteiger partial charge in [-0.3, -0.25) is 0 Å². The first-order valence-corrected chi connectivity index (χ1v) is 8.99. The summed E-state index contributed by atoms with van der Waals surface area (Å²) in [5.74, 6) is 2.26. The molecule has 2 aromatic rings. The summed E-state index contributed by atoms with van der Waals surface area (Å²) in [7, 11) is 1.65. The molecule has 2 aromatic heterocycles. The average Bonchev–Trinajstić information content (AvgIpc) is 3.02. The lowest BCUT2D eigenvalue weighted by molar-refractivity contribution is 0.129. The summed E-state index contributed by atoms with van der Waals surface area (Å²) in [6, 6.07) is 5.90. The molecule has 6 nitrogen and oxygen atoms in total. The third-order valence-corrected chi connectivity index (χ3v) is 4.70. The van der Waals surface area contributed by atoms with Crippen molar-refractivity contribution in [3.63, 3.8) is 0 Å². The summed E-state index contributed by atoms with van der Waals surface area (Å²) in [5, 5.41) is 10.5. The molecule has 3 rings (SSSR count). The van der Waals surface area contributed by atoms with E-state index in [2.05, 4.69) is 9.88 Å². The maximum Gasteiger partial charge on any atom is 0.156 e. The number of nitrogens with zero attached hydrogens (tertiary/aromatic N) is 3. The lowest BCUT2D eigenvalue weighted by atomic mass is 10.0. The van der Waals surface area contributed by atoms with Gasteiger partial charge in [0.05, 0.1) is 6.26 Å². The van der Waals surface area contributed by atoms with Crippen LogP contribution in [0.5, 0.6) is 0 Å². The number of ether oxygens (including phenoxy) is 1. The van der Waals surface area contributed by atoms with Gasteiger partial charge in [0.1, 0.15) is 24.3 Å². The summed E-state index contributed by atoms with van der Waals surface area (Å²) < 4.78 is 10.6. The second kappa shape index (κ2) is 8.45. The fourth-order valence-corrected chi connectivity index (χ4v) is 3.53. The molecule has 1 aliphatic rings. The maximum absolute atomic E-state index is 10.5. The number of furan rings is 1. The summed E-state index contributed by atoms with van der Waals surface area (Å²) >= 11 is 0. The van der Waals surface area contributed by atoms with Crippen LogP contribution >= 0.6 is 0 Å². The quantitative estimate of drug-likeness (QED) is 0.865. The van der Waals surface area contributed by atoms with E-state index in [1.54, 1.807) is 13.4 Å². The minimum Gasteiger partial charge on any atom is -0.467 e. The molecule has 1 aliphatic heterocycles. The van der Waals surface area contributed by atoms with Crippen molar-refractivity contribution in [3.05, 3.63) is 41.7 Å². The highest BCUT2D eigenvalue weighted by molar-refractivity contribution is 5.41. The molecule has 25 heavy (non-hydrogen) atoms. The number of anilines is 1. The highest BCUT2D eigenvalue weighted by atomic mass is 16.5. The van der Waals surface area contributed by atoms with Crippen LogP contribution in [-0.4, -0.2) is 34.8 Å². The zero-order chi connectivity index (χ0) is 17.6. The van der Waals surface area contributed by atoms with E-state index < -0.39 is 6.10 Å². The third-order valence-electron chi connectivity index (χ3n) is 4.70. The third kappa shape index (κ3) is 4.58. The number of aliphatic hydroxyl groups is 1. The minimum absolute atomic E-state index is 0.229. The van der Waals surface area contributed by atoms with Crippen LogP contribution < -0.4 is 4.90 Å². The Morgan fingerprint density at radius 2 is 2.24 bits per heavy atom. The SMILES string of the molecule is COCc1nc(C)cc(N2CCCCCC2CC(O)c2ccco2)n1. The Labute approximate surface area is 148 Å². The van der Waals surface area contributed by atoms with Gasteiger partial charge in [0, 0.05) is 37.9 Å². The number of aliphatic hydroxyl groups excluding tert-OH is 1. The van der Waals surface area contributed by atoms with Gasteiger partial charge in [0.25, 0.3) is 0 Å². The number of aromatic nitrogens is 2. The van der Waals surface area contributed by atoms with E-state index in [-0.39, 0.29) is 6.04 Å². The van der Waals surface area contributed by atoms with Crippen molar-refractivity contribution in [3.8, 4) is 0 Å². The van der Waals surface area contributed by atoms with Crippen molar-refractivity contribution in [2.45, 2.75) is 57.8 Å². The second-order valence-corrected chi connectivity index (χ2v) is 6.68.